The molecule has 0 saturated carbocycles. The number of carbonyl (C=O) groups excluding carboxylic acids is 2. The fourth-order valence-corrected chi connectivity index (χ4v) is 6.68. The predicted molar refractivity (Wildman–Crippen MR) is 192 cm³/mol. The van der Waals surface area contributed by atoms with E-state index in [1.54, 1.807) is 35.2 Å². The number of aromatic nitrogens is 4. The number of aliphatic carboxylic acids is 1. The van der Waals surface area contributed by atoms with Gasteiger partial charge in [0.1, 0.15) is 25.3 Å². The Bertz CT molecular complexity index is 2050. The lowest BCUT2D eigenvalue weighted by molar-refractivity contribution is -0.151. The number of nitrogens with one attached hydrogen (secondary N) is 2. The van der Waals surface area contributed by atoms with Gasteiger partial charge in [-0.1, -0.05) is 109 Å². The van der Waals surface area contributed by atoms with Gasteiger partial charge in [0.05, 0.1) is 24.7 Å². The van der Waals surface area contributed by atoms with E-state index in [0.717, 1.165) is 16.7 Å². The predicted octanol–water partition coefficient (Wildman–Crippen LogP) is 5.72. The molecule has 1 amide bonds. The van der Waals surface area contributed by atoms with Crippen molar-refractivity contribution in [2.45, 2.75) is 43.2 Å². The molecule has 12 nitrogen and oxygen atoms in total. The van der Waals surface area contributed by atoms with Crippen LogP contribution in [0.15, 0.2) is 134 Å². The molecule has 2 aromatic heterocycles. The van der Waals surface area contributed by atoms with Crippen LogP contribution < -0.4 is 10.6 Å². The number of carbonyl (C=O) groups is 3. The van der Waals surface area contributed by atoms with Crippen LogP contribution in [0.25, 0.3) is 11.2 Å². The quantitative estimate of drug-likeness (QED) is 0.101. The Kier molecular flexibility index (Phi) is 10.1. The molecule has 1 fully saturated rings. The van der Waals surface area contributed by atoms with Gasteiger partial charge in [-0.3, -0.25) is 24.3 Å². The van der Waals surface area contributed by atoms with Crippen LogP contribution in [0.2, 0.25) is 0 Å². The second-order valence-corrected chi connectivity index (χ2v) is 12.4. The van der Waals surface area contributed by atoms with E-state index in [4.69, 9.17) is 14.6 Å². The summed E-state index contributed by atoms with van der Waals surface area (Å²) in [4.78, 5) is 50.1. The number of esters is 1. The van der Waals surface area contributed by atoms with Gasteiger partial charge in [-0.2, -0.15) is 0 Å². The van der Waals surface area contributed by atoms with Crippen LogP contribution in [0.1, 0.15) is 52.5 Å². The van der Waals surface area contributed by atoms with Gasteiger partial charge in [0, 0.05) is 18.0 Å². The first-order chi connectivity index (χ1) is 25.4. The summed E-state index contributed by atoms with van der Waals surface area (Å²) >= 11 is 0. The molecule has 12 heteroatoms. The van der Waals surface area contributed by atoms with Gasteiger partial charge < -0.3 is 19.9 Å². The molecule has 6 aromatic rings. The number of hydrogen-bond acceptors (Lipinski definition) is 9. The van der Waals surface area contributed by atoms with Crippen molar-refractivity contribution >= 4 is 34.8 Å². The Labute approximate surface area is 299 Å². The van der Waals surface area contributed by atoms with Crippen LogP contribution in [0.4, 0.5) is 5.82 Å². The van der Waals surface area contributed by atoms with Gasteiger partial charge in [0.25, 0.3) is 5.91 Å². The molecule has 7 rings (SSSR count). The minimum absolute atomic E-state index is 0.124. The maximum atomic E-state index is 13.0. The van der Waals surface area contributed by atoms with Crippen molar-refractivity contribution in [3.63, 3.8) is 0 Å². The third-order valence-corrected chi connectivity index (χ3v) is 9.15. The maximum absolute atomic E-state index is 13.0. The molecule has 3 atom stereocenters. The van der Waals surface area contributed by atoms with Crippen LogP contribution in [0, 0.1) is 0 Å². The van der Waals surface area contributed by atoms with Crippen molar-refractivity contribution in [2.75, 3.05) is 11.9 Å². The number of carboxylic acid groups (broad SMARTS) is 1. The summed E-state index contributed by atoms with van der Waals surface area (Å²) < 4.78 is 14.1. The molecular weight excluding hydrogens is 660 g/mol. The zero-order chi connectivity index (χ0) is 35.9. The van der Waals surface area contributed by atoms with Crippen molar-refractivity contribution < 1.29 is 29.0 Å². The van der Waals surface area contributed by atoms with Crippen molar-refractivity contribution in [1.29, 1.82) is 0 Å². The van der Waals surface area contributed by atoms with E-state index < -0.39 is 35.9 Å². The summed E-state index contributed by atoms with van der Waals surface area (Å²) in [7, 11) is 0. The third-order valence-electron chi connectivity index (χ3n) is 9.15. The molecule has 1 aliphatic heterocycles. The van der Waals surface area contributed by atoms with Crippen LogP contribution >= 0.6 is 0 Å². The summed E-state index contributed by atoms with van der Waals surface area (Å²) in [5, 5.41) is 15.9. The summed E-state index contributed by atoms with van der Waals surface area (Å²) in [6.07, 6.45) is 1.50. The van der Waals surface area contributed by atoms with Gasteiger partial charge in [0.15, 0.2) is 17.0 Å². The highest BCUT2D eigenvalue weighted by Crippen LogP contribution is 2.41. The van der Waals surface area contributed by atoms with E-state index in [0.29, 0.717) is 23.1 Å². The molecule has 0 aliphatic carbocycles. The zero-order valence-electron chi connectivity index (χ0n) is 28.0. The van der Waals surface area contributed by atoms with Gasteiger partial charge in [-0.25, -0.2) is 15.0 Å². The van der Waals surface area contributed by atoms with E-state index in [-0.39, 0.29) is 31.2 Å². The van der Waals surface area contributed by atoms with Crippen LogP contribution in [0.5, 0.6) is 0 Å². The lowest BCUT2D eigenvalue weighted by Crippen LogP contribution is -2.53. The van der Waals surface area contributed by atoms with Crippen molar-refractivity contribution in [1.82, 2.24) is 24.8 Å². The standard InChI is InChI=1S/C40H36N6O6/c47-34(48)21-22-35(49)51-24-32-31(45-40(28-15-7-2-8-16-28,29-17-9-3-10-18-29)30-19-11-4-12-20-30)23-33(52-32)46-26-43-36-37(41-25-42-38(36)46)44-39(50)27-13-5-1-6-14-27/h1-20,25-26,31-33,45H,21-24H2,(H,47,48)(H,41,42,44,50)/t31-,32+,33+/m0/s1. The van der Waals surface area contributed by atoms with Crippen LogP contribution in [-0.2, 0) is 24.6 Å². The van der Waals surface area contributed by atoms with Gasteiger partial charge >= 0.3 is 11.9 Å². The number of anilines is 1. The SMILES string of the molecule is O=C(O)CCC(=O)OC[C@H]1O[C@@H](n2cnc3c(NC(=O)c4ccccc4)ncnc32)C[C@@H]1NC(c1ccccc1)(c1ccccc1)c1ccccc1. The largest absolute Gasteiger partial charge is 0.481 e. The van der Waals surface area contributed by atoms with E-state index >= 15 is 0 Å². The van der Waals surface area contributed by atoms with Crippen LogP contribution in [-0.4, -0.2) is 61.2 Å². The summed E-state index contributed by atoms with van der Waals surface area (Å²) in [6, 6.07) is 38.8. The Balaban J connectivity index is 1.25. The molecule has 0 spiro atoms. The fraction of sp³-hybridized carbons (Fsp3) is 0.200. The van der Waals surface area contributed by atoms with E-state index in [9.17, 15) is 14.4 Å². The molecule has 0 bridgehead atoms. The van der Waals surface area contributed by atoms with E-state index in [1.807, 2.05) is 60.7 Å². The number of imidazole rings is 1. The smallest absolute Gasteiger partial charge is 0.306 e. The molecule has 3 N–H and O–H groups in total. The summed E-state index contributed by atoms with van der Waals surface area (Å²) in [6.45, 7) is -0.124. The molecule has 52 heavy (non-hydrogen) atoms. The monoisotopic (exact) mass is 696 g/mol. The molecule has 1 saturated heterocycles. The zero-order valence-corrected chi connectivity index (χ0v) is 28.0. The second kappa shape index (κ2) is 15.3. The van der Waals surface area contributed by atoms with E-state index in [1.165, 1.54) is 6.33 Å². The fourth-order valence-electron chi connectivity index (χ4n) is 6.68. The number of ether oxygens (including phenoxy) is 2. The normalized spacial score (nSPS) is 17.1. The molecule has 0 radical (unpaired) electrons. The van der Waals surface area contributed by atoms with Gasteiger partial charge in [-0.05, 0) is 28.8 Å². The topological polar surface area (TPSA) is 158 Å². The van der Waals surface area contributed by atoms with Crippen molar-refractivity contribution in [2.24, 2.45) is 0 Å². The number of carboxylic acids is 1. The minimum Gasteiger partial charge on any atom is -0.481 e. The number of hydrogen-bond donors (Lipinski definition) is 3. The van der Waals surface area contributed by atoms with Crippen molar-refractivity contribution in [3.8, 4) is 0 Å². The highest BCUT2D eigenvalue weighted by Gasteiger charge is 2.45. The number of amides is 1. The minimum atomic E-state index is -1.08. The Morgan fingerprint density at radius 1 is 0.788 bits per heavy atom. The first-order valence-corrected chi connectivity index (χ1v) is 16.9. The molecular formula is C40H36N6O6. The Hall–Kier alpha value is -6.24. The number of nitrogens with zero attached hydrogens (tertiary/aromatic N) is 4. The summed E-state index contributed by atoms with van der Waals surface area (Å²) in [5.41, 5.74) is 3.43. The van der Waals surface area contributed by atoms with Crippen molar-refractivity contribution in [3.05, 3.63) is 156 Å². The number of fused-ring (bicyclic) bond motifs is 1. The highest BCUT2D eigenvalue weighted by molar-refractivity contribution is 6.06. The summed E-state index contributed by atoms with van der Waals surface area (Å²) in [5.74, 6) is -1.79. The van der Waals surface area contributed by atoms with E-state index in [2.05, 4.69) is 62.0 Å². The first kappa shape index (κ1) is 34.2. The average Bonchev–Trinajstić information content (AvgIpc) is 3.81. The number of benzene rings is 4. The average molecular weight is 697 g/mol. The van der Waals surface area contributed by atoms with Gasteiger partial charge in [-0.15, -0.1) is 0 Å². The third kappa shape index (κ3) is 7.15. The molecule has 262 valence electrons. The maximum Gasteiger partial charge on any atom is 0.306 e. The molecule has 0 unspecified atom stereocenters. The lowest BCUT2D eigenvalue weighted by atomic mass is 9.76. The van der Waals surface area contributed by atoms with Gasteiger partial charge in [0.2, 0.25) is 0 Å². The lowest BCUT2D eigenvalue weighted by Gasteiger charge is -2.40. The molecule has 4 aromatic carbocycles. The Morgan fingerprint density at radius 2 is 1.37 bits per heavy atom. The highest BCUT2D eigenvalue weighted by atomic mass is 16.6. The first-order valence-electron chi connectivity index (χ1n) is 16.9. The number of rotatable bonds is 13. The van der Waals surface area contributed by atoms with Crippen LogP contribution in [0.3, 0.4) is 0 Å². The molecule has 3 heterocycles. The molecule has 1 aliphatic rings. The second-order valence-electron chi connectivity index (χ2n) is 12.4. The Morgan fingerprint density at radius 3 is 1.94 bits per heavy atom.